The van der Waals surface area contributed by atoms with Crippen molar-refractivity contribution in [3.05, 3.63) is 22.5 Å². The summed E-state index contributed by atoms with van der Waals surface area (Å²) in [7, 11) is 1.33. The SMILES string of the molecule is C=Nc1nc(=O)n([C@H](O)[C@H](O)C(C)OC)cc1F. The minimum Gasteiger partial charge on any atom is -0.386 e. The first kappa shape index (κ1) is 14.4. The standard InChI is InChI=1S/C10H14FN3O4/c1-5(18-3)7(15)9(16)14-4-6(11)8(12-2)13-10(14)17/h4-5,7,9,15-16H,2H2,1,3H3/t5?,7-,9-/m1/s1. The van der Waals surface area contributed by atoms with E-state index in [1.807, 2.05) is 0 Å². The summed E-state index contributed by atoms with van der Waals surface area (Å²) in [6.45, 7) is 4.54. The van der Waals surface area contributed by atoms with Gasteiger partial charge >= 0.3 is 5.69 Å². The van der Waals surface area contributed by atoms with Crippen LogP contribution in [-0.4, -0.2) is 45.8 Å². The van der Waals surface area contributed by atoms with Crippen molar-refractivity contribution in [2.75, 3.05) is 7.11 Å². The number of hydrogen-bond donors (Lipinski definition) is 2. The molecule has 0 saturated heterocycles. The molecular formula is C10H14FN3O4. The van der Waals surface area contributed by atoms with E-state index in [1.165, 1.54) is 14.0 Å². The molecule has 0 aliphatic rings. The highest BCUT2D eigenvalue weighted by Crippen LogP contribution is 2.15. The fraction of sp³-hybridized carbons (Fsp3) is 0.500. The van der Waals surface area contributed by atoms with Crippen molar-refractivity contribution in [3.8, 4) is 0 Å². The van der Waals surface area contributed by atoms with Crippen LogP contribution in [0.15, 0.2) is 16.0 Å². The molecule has 0 aliphatic heterocycles. The molecule has 0 fully saturated rings. The predicted octanol–water partition coefficient (Wildman–Crippen LogP) is -0.399. The molecule has 100 valence electrons. The van der Waals surface area contributed by atoms with E-state index in [0.29, 0.717) is 10.8 Å². The van der Waals surface area contributed by atoms with Crippen molar-refractivity contribution < 1.29 is 19.3 Å². The summed E-state index contributed by atoms with van der Waals surface area (Å²) in [6, 6.07) is 0. The maximum Gasteiger partial charge on any atom is 0.351 e. The molecule has 0 saturated carbocycles. The lowest BCUT2D eigenvalue weighted by Gasteiger charge is -2.23. The highest BCUT2D eigenvalue weighted by molar-refractivity contribution is 5.39. The van der Waals surface area contributed by atoms with E-state index < -0.39 is 35.8 Å². The number of ether oxygens (including phenoxy) is 1. The van der Waals surface area contributed by atoms with Gasteiger partial charge in [0.05, 0.1) is 12.3 Å². The average molecular weight is 259 g/mol. The van der Waals surface area contributed by atoms with Gasteiger partial charge in [0.2, 0.25) is 0 Å². The lowest BCUT2D eigenvalue weighted by Crippen LogP contribution is -2.39. The summed E-state index contributed by atoms with van der Waals surface area (Å²) in [5, 5.41) is 19.4. The summed E-state index contributed by atoms with van der Waals surface area (Å²) in [5.74, 6) is -1.39. The molecule has 3 atom stereocenters. The molecule has 2 N–H and O–H groups in total. The molecule has 8 heteroatoms. The number of halogens is 1. The second kappa shape index (κ2) is 5.80. The van der Waals surface area contributed by atoms with Gasteiger partial charge in [-0.1, -0.05) is 0 Å². The number of aliphatic imine (C=N–C) groups is 1. The first-order valence-corrected chi connectivity index (χ1v) is 5.06. The molecule has 0 amide bonds. The second-order valence-corrected chi connectivity index (χ2v) is 3.61. The first-order valence-electron chi connectivity index (χ1n) is 5.06. The highest BCUT2D eigenvalue weighted by Gasteiger charge is 2.26. The van der Waals surface area contributed by atoms with E-state index in [9.17, 15) is 19.4 Å². The van der Waals surface area contributed by atoms with E-state index in [-0.39, 0.29) is 0 Å². The number of methoxy groups -OCH3 is 1. The number of aliphatic hydroxyl groups excluding tert-OH is 2. The van der Waals surface area contributed by atoms with E-state index in [4.69, 9.17) is 4.74 Å². The van der Waals surface area contributed by atoms with Gasteiger partial charge in [0.1, 0.15) is 6.10 Å². The summed E-state index contributed by atoms with van der Waals surface area (Å²) < 4.78 is 18.7. The van der Waals surface area contributed by atoms with Crippen molar-refractivity contribution >= 4 is 12.5 Å². The molecule has 0 bridgehead atoms. The Morgan fingerprint density at radius 3 is 2.72 bits per heavy atom. The Labute approximate surface area is 102 Å². The first-order chi connectivity index (χ1) is 8.42. The summed E-state index contributed by atoms with van der Waals surface area (Å²) in [5.41, 5.74) is -0.950. The third kappa shape index (κ3) is 2.78. The molecule has 1 heterocycles. The van der Waals surface area contributed by atoms with Crippen LogP contribution < -0.4 is 5.69 Å². The van der Waals surface area contributed by atoms with Crippen LogP contribution in [0.4, 0.5) is 10.2 Å². The van der Waals surface area contributed by atoms with Crippen molar-refractivity contribution in [3.63, 3.8) is 0 Å². The molecule has 0 radical (unpaired) electrons. The summed E-state index contributed by atoms with van der Waals surface area (Å²) >= 11 is 0. The van der Waals surface area contributed by atoms with Crippen LogP contribution in [0.1, 0.15) is 13.2 Å². The fourth-order valence-electron chi connectivity index (χ4n) is 1.28. The van der Waals surface area contributed by atoms with Crippen LogP contribution in [-0.2, 0) is 4.74 Å². The van der Waals surface area contributed by atoms with Crippen LogP contribution in [0.2, 0.25) is 0 Å². The number of aliphatic hydroxyl groups is 2. The number of rotatable bonds is 5. The minimum atomic E-state index is -1.67. The van der Waals surface area contributed by atoms with Crippen LogP contribution in [0, 0.1) is 5.82 Å². The van der Waals surface area contributed by atoms with Gasteiger partial charge in [0.15, 0.2) is 17.9 Å². The Kier molecular flexibility index (Phi) is 4.65. The Bertz CT molecular complexity index is 491. The zero-order valence-electron chi connectivity index (χ0n) is 9.95. The Balaban J connectivity index is 3.14. The number of hydrogen-bond acceptors (Lipinski definition) is 6. The second-order valence-electron chi connectivity index (χ2n) is 3.61. The van der Waals surface area contributed by atoms with E-state index in [0.717, 1.165) is 0 Å². The molecule has 1 aromatic heterocycles. The predicted molar refractivity (Wildman–Crippen MR) is 61.4 cm³/mol. The molecular weight excluding hydrogens is 245 g/mol. The third-order valence-corrected chi connectivity index (χ3v) is 2.48. The van der Waals surface area contributed by atoms with E-state index in [1.54, 1.807) is 0 Å². The maximum absolute atomic E-state index is 13.4. The third-order valence-electron chi connectivity index (χ3n) is 2.48. The minimum absolute atomic E-state index is 0.460. The lowest BCUT2D eigenvalue weighted by atomic mass is 10.2. The number of nitrogens with zero attached hydrogens (tertiary/aromatic N) is 3. The molecule has 0 aliphatic carbocycles. The summed E-state index contributed by atoms with van der Waals surface area (Å²) in [4.78, 5) is 18.0. The van der Waals surface area contributed by atoms with Crippen LogP contribution >= 0.6 is 0 Å². The molecule has 1 aromatic rings. The van der Waals surface area contributed by atoms with Gasteiger partial charge in [0, 0.05) is 7.11 Å². The smallest absolute Gasteiger partial charge is 0.351 e. The molecule has 18 heavy (non-hydrogen) atoms. The van der Waals surface area contributed by atoms with Crippen LogP contribution in [0.3, 0.4) is 0 Å². The van der Waals surface area contributed by atoms with Gasteiger partial charge < -0.3 is 14.9 Å². The van der Waals surface area contributed by atoms with Gasteiger partial charge in [-0.3, -0.25) is 4.57 Å². The van der Waals surface area contributed by atoms with E-state index in [2.05, 4.69) is 16.7 Å². The van der Waals surface area contributed by atoms with Crippen molar-refractivity contribution in [2.24, 2.45) is 4.99 Å². The maximum atomic E-state index is 13.4. The van der Waals surface area contributed by atoms with E-state index >= 15 is 0 Å². The molecule has 7 nitrogen and oxygen atoms in total. The molecule has 1 rings (SSSR count). The van der Waals surface area contributed by atoms with Crippen LogP contribution in [0.25, 0.3) is 0 Å². The normalized spacial score (nSPS) is 16.1. The Morgan fingerprint density at radius 1 is 1.61 bits per heavy atom. The zero-order chi connectivity index (χ0) is 13.9. The van der Waals surface area contributed by atoms with Crippen LogP contribution in [0.5, 0.6) is 0 Å². The fourth-order valence-corrected chi connectivity index (χ4v) is 1.28. The van der Waals surface area contributed by atoms with Gasteiger partial charge in [-0.05, 0) is 13.6 Å². The van der Waals surface area contributed by atoms with Gasteiger partial charge in [-0.25, -0.2) is 14.2 Å². The average Bonchev–Trinajstić information content (AvgIpc) is 2.38. The number of aromatic nitrogens is 2. The lowest BCUT2D eigenvalue weighted by molar-refractivity contribution is -0.0987. The largest absolute Gasteiger partial charge is 0.386 e. The monoisotopic (exact) mass is 259 g/mol. The topological polar surface area (TPSA) is 96.9 Å². The quantitative estimate of drug-likeness (QED) is 0.701. The Hall–Kier alpha value is -1.64. The highest BCUT2D eigenvalue weighted by atomic mass is 19.1. The molecule has 0 aromatic carbocycles. The molecule has 0 spiro atoms. The summed E-state index contributed by atoms with van der Waals surface area (Å²) in [6.07, 6.45) is -3.12. The van der Waals surface area contributed by atoms with Crippen molar-refractivity contribution in [1.29, 1.82) is 0 Å². The van der Waals surface area contributed by atoms with Gasteiger partial charge in [-0.15, -0.1) is 0 Å². The molecule has 1 unspecified atom stereocenters. The Morgan fingerprint density at radius 2 is 2.22 bits per heavy atom. The van der Waals surface area contributed by atoms with Crippen molar-refractivity contribution in [1.82, 2.24) is 9.55 Å². The van der Waals surface area contributed by atoms with Gasteiger partial charge in [-0.2, -0.15) is 4.98 Å². The van der Waals surface area contributed by atoms with Gasteiger partial charge in [0.25, 0.3) is 0 Å². The van der Waals surface area contributed by atoms with Crippen molar-refractivity contribution in [2.45, 2.75) is 25.4 Å². The zero-order valence-corrected chi connectivity index (χ0v) is 9.95.